The van der Waals surface area contributed by atoms with Crippen LogP contribution in [-0.4, -0.2) is 20.3 Å². The van der Waals surface area contributed by atoms with Crippen molar-refractivity contribution in [3.8, 4) is 5.75 Å². The minimum absolute atomic E-state index is 0.0531. The zero-order chi connectivity index (χ0) is 14.8. The summed E-state index contributed by atoms with van der Waals surface area (Å²) in [7, 11) is -4.98. The molecular weight excluding hydrogens is 293 g/mol. The molecule has 7 heteroatoms. The van der Waals surface area contributed by atoms with Gasteiger partial charge in [-0.3, -0.25) is 0 Å². The molecule has 0 saturated heterocycles. The van der Waals surface area contributed by atoms with E-state index in [1.165, 1.54) is 12.1 Å². The largest absolute Gasteiger partial charge is 0.380 e. The Kier molecular flexibility index (Phi) is 4.57. The molecule has 2 rings (SSSR count). The summed E-state index contributed by atoms with van der Waals surface area (Å²) in [6.07, 6.45) is 0.185. The van der Waals surface area contributed by atoms with E-state index < -0.39 is 22.0 Å². The van der Waals surface area contributed by atoms with E-state index in [1.54, 1.807) is 12.1 Å². The van der Waals surface area contributed by atoms with Gasteiger partial charge in [-0.05, 0) is 30.4 Å². The third-order valence-corrected chi connectivity index (χ3v) is 4.56. The van der Waals surface area contributed by atoms with Crippen LogP contribution in [0.4, 0.5) is 13.2 Å². The van der Waals surface area contributed by atoms with Crippen LogP contribution < -0.4 is 4.18 Å². The molecule has 0 heterocycles. The third kappa shape index (κ3) is 3.26. The monoisotopic (exact) mass is 308 g/mol. The van der Waals surface area contributed by atoms with Crippen molar-refractivity contribution in [2.45, 2.75) is 43.5 Å². The van der Waals surface area contributed by atoms with Crippen molar-refractivity contribution < 1.29 is 25.8 Å². The smallest absolute Gasteiger partial charge is 0.347 e. The highest BCUT2D eigenvalue weighted by molar-refractivity contribution is 7.87. The quantitative estimate of drug-likeness (QED) is 0.780. The van der Waals surface area contributed by atoms with Crippen molar-refractivity contribution in [2.24, 2.45) is 0 Å². The van der Waals surface area contributed by atoms with Gasteiger partial charge in [0.1, 0.15) is 5.75 Å². The fourth-order valence-electron chi connectivity index (χ4n) is 2.43. The van der Waals surface area contributed by atoms with Crippen molar-refractivity contribution in [3.05, 3.63) is 29.8 Å². The fourth-order valence-corrected chi connectivity index (χ4v) is 3.17. The van der Waals surface area contributed by atoms with Gasteiger partial charge in [-0.2, -0.15) is 8.42 Å². The molecule has 1 aromatic rings. The molecular formula is C13H15F3O3S. The maximum absolute atomic E-state index is 13.0. The van der Waals surface area contributed by atoms with Crippen LogP contribution in [0, 0.1) is 0 Å². The molecule has 0 amide bonds. The predicted octanol–water partition coefficient (Wildman–Crippen LogP) is 3.61. The van der Waals surface area contributed by atoms with Crippen LogP contribution in [0.1, 0.15) is 37.2 Å². The first-order chi connectivity index (χ1) is 9.42. The van der Waals surface area contributed by atoms with Crippen molar-refractivity contribution in [3.63, 3.8) is 0 Å². The molecule has 1 aliphatic carbocycles. The second-order valence-corrected chi connectivity index (χ2v) is 6.38. The lowest BCUT2D eigenvalue weighted by Gasteiger charge is -2.16. The molecule has 1 aliphatic rings. The lowest BCUT2D eigenvalue weighted by Crippen LogP contribution is -2.28. The zero-order valence-corrected chi connectivity index (χ0v) is 11.5. The topological polar surface area (TPSA) is 43.4 Å². The van der Waals surface area contributed by atoms with E-state index in [-0.39, 0.29) is 11.7 Å². The van der Waals surface area contributed by atoms with Crippen LogP contribution in [0.3, 0.4) is 0 Å². The molecule has 1 saturated carbocycles. The van der Waals surface area contributed by atoms with Gasteiger partial charge in [0.15, 0.2) is 0 Å². The molecule has 0 N–H and O–H groups in total. The van der Waals surface area contributed by atoms with Gasteiger partial charge in [0, 0.05) is 0 Å². The molecule has 112 valence electrons. The summed E-state index contributed by atoms with van der Waals surface area (Å²) in [4.78, 5) is 0. The molecule has 20 heavy (non-hydrogen) atoms. The number of para-hydroxylation sites is 1. The van der Waals surface area contributed by atoms with E-state index in [0.717, 1.165) is 25.7 Å². The van der Waals surface area contributed by atoms with Gasteiger partial charge in [0.05, 0.1) is 0 Å². The normalized spacial score (nSPS) is 18.4. The zero-order valence-electron chi connectivity index (χ0n) is 10.6. The number of benzene rings is 1. The summed E-state index contributed by atoms with van der Waals surface area (Å²) in [5.41, 5.74) is -2.70. The summed E-state index contributed by atoms with van der Waals surface area (Å²) >= 11 is 0. The Morgan fingerprint density at radius 2 is 1.70 bits per heavy atom. The van der Waals surface area contributed by atoms with Gasteiger partial charge in [-0.1, -0.05) is 31.0 Å². The Morgan fingerprint density at radius 1 is 1.10 bits per heavy atom. The molecule has 1 aromatic carbocycles. The molecule has 1 unspecified atom stereocenters. The van der Waals surface area contributed by atoms with Crippen LogP contribution in [0.5, 0.6) is 5.75 Å². The van der Waals surface area contributed by atoms with Crippen molar-refractivity contribution in [1.82, 2.24) is 0 Å². The highest BCUT2D eigenvalue weighted by atomic mass is 32.2. The first kappa shape index (κ1) is 15.2. The summed E-state index contributed by atoms with van der Waals surface area (Å²) in [5.74, 6) is 0.0775. The molecule has 1 fully saturated rings. The minimum atomic E-state index is -4.98. The van der Waals surface area contributed by atoms with E-state index in [0.29, 0.717) is 5.56 Å². The van der Waals surface area contributed by atoms with Crippen LogP contribution in [0.15, 0.2) is 24.3 Å². The molecule has 0 bridgehead atoms. The number of alkyl halides is 3. The minimum Gasteiger partial charge on any atom is -0.380 e. The number of hydrogen-bond donors (Lipinski definition) is 0. The van der Waals surface area contributed by atoms with Crippen LogP contribution in [0.25, 0.3) is 0 Å². The van der Waals surface area contributed by atoms with Gasteiger partial charge in [0.25, 0.3) is 11.9 Å². The van der Waals surface area contributed by atoms with Gasteiger partial charge in [-0.25, -0.2) is 13.2 Å². The van der Waals surface area contributed by atoms with Crippen LogP contribution in [0.2, 0.25) is 0 Å². The molecule has 1 atom stereocenters. The lowest BCUT2D eigenvalue weighted by molar-refractivity contribution is 0.0864. The average Bonchev–Trinajstić information content (AvgIpc) is 2.91. The number of halogens is 3. The lowest BCUT2D eigenvalue weighted by atomic mass is 9.97. The van der Waals surface area contributed by atoms with E-state index in [1.807, 2.05) is 0 Å². The highest BCUT2D eigenvalue weighted by Crippen LogP contribution is 2.39. The van der Waals surface area contributed by atoms with Crippen LogP contribution in [-0.2, 0) is 10.1 Å². The van der Waals surface area contributed by atoms with Crippen molar-refractivity contribution >= 4 is 10.1 Å². The molecule has 0 radical (unpaired) electrons. The van der Waals surface area contributed by atoms with Crippen molar-refractivity contribution in [2.75, 3.05) is 0 Å². The molecule has 0 aliphatic heterocycles. The fraction of sp³-hybridized carbons (Fsp3) is 0.538. The maximum atomic E-state index is 13.0. The second-order valence-electron chi connectivity index (χ2n) is 4.78. The van der Waals surface area contributed by atoms with E-state index in [2.05, 4.69) is 4.18 Å². The second kappa shape index (κ2) is 6.03. The standard InChI is InChI=1S/C13H15F3O3S/c14-12(15)13(16)20(17,18)19-11-8-4-3-7-10(11)9-5-1-2-6-9/h3-4,7-9,12-13H,1-2,5-6H2. The Bertz CT molecular complexity index is 554. The third-order valence-electron chi connectivity index (χ3n) is 3.39. The van der Waals surface area contributed by atoms with Gasteiger partial charge in [0.2, 0.25) is 0 Å². The Labute approximate surface area is 115 Å². The molecule has 0 aromatic heterocycles. The van der Waals surface area contributed by atoms with E-state index in [4.69, 9.17) is 0 Å². The Morgan fingerprint density at radius 3 is 2.30 bits per heavy atom. The Balaban J connectivity index is 2.25. The maximum Gasteiger partial charge on any atom is 0.347 e. The van der Waals surface area contributed by atoms with Gasteiger partial charge in [-0.15, -0.1) is 0 Å². The van der Waals surface area contributed by atoms with Gasteiger partial charge < -0.3 is 4.18 Å². The van der Waals surface area contributed by atoms with Gasteiger partial charge >= 0.3 is 10.1 Å². The number of hydrogen-bond acceptors (Lipinski definition) is 3. The molecule has 0 spiro atoms. The first-order valence-corrected chi connectivity index (χ1v) is 7.83. The first-order valence-electron chi connectivity index (χ1n) is 6.36. The number of rotatable bonds is 5. The highest BCUT2D eigenvalue weighted by Gasteiger charge is 2.37. The van der Waals surface area contributed by atoms with Crippen LogP contribution >= 0.6 is 0 Å². The Hall–Kier alpha value is -1.24. The molecule has 3 nitrogen and oxygen atoms in total. The summed E-state index contributed by atoms with van der Waals surface area (Å²) < 4.78 is 64.9. The summed E-state index contributed by atoms with van der Waals surface area (Å²) in [6.45, 7) is 0. The average molecular weight is 308 g/mol. The summed E-state index contributed by atoms with van der Waals surface area (Å²) in [6, 6.07) is 6.30. The predicted molar refractivity (Wildman–Crippen MR) is 68.1 cm³/mol. The SMILES string of the molecule is O=S(=O)(Oc1ccccc1C1CCCC1)C(F)C(F)F. The van der Waals surface area contributed by atoms with E-state index >= 15 is 0 Å². The summed E-state index contributed by atoms with van der Waals surface area (Å²) in [5, 5.41) is 0. The van der Waals surface area contributed by atoms with Crippen molar-refractivity contribution in [1.29, 1.82) is 0 Å². The van der Waals surface area contributed by atoms with E-state index in [9.17, 15) is 21.6 Å².